The summed E-state index contributed by atoms with van der Waals surface area (Å²) < 4.78 is 0. The predicted octanol–water partition coefficient (Wildman–Crippen LogP) is 7.37. The van der Waals surface area contributed by atoms with Gasteiger partial charge in [-0.2, -0.15) is 0 Å². The van der Waals surface area contributed by atoms with Crippen LogP contribution in [0.15, 0.2) is 90.8 Å². The van der Waals surface area contributed by atoms with Crippen LogP contribution in [0.25, 0.3) is 28.0 Å². The first-order valence-corrected chi connectivity index (χ1v) is 12.2. The molecule has 0 fully saturated rings. The maximum absolute atomic E-state index is 4.84. The molecule has 0 amide bonds. The van der Waals surface area contributed by atoms with Crippen molar-refractivity contribution in [1.82, 2.24) is 10.3 Å². The Labute approximate surface area is 202 Å². The van der Waals surface area contributed by atoms with Crippen LogP contribution >= 0.6 is 0 Å². The molecule has 2 aliphatic rings. The van der Waals surface area contributed by atoms with Crippen molar-refractivity contribution in [1.29, 1.82) is 0 Å². The van der Waals surface area contributed by atoms with E-state index in [0.717, 1.165) is 17.9 Å². The normalized spacial score (nSPS) is 15.1. The van der Waals surface area contributed by atoms with E-state index in [0.29, 0.717) is 0 Å². The Bertz CT molecular complexity index is 1470. The summed E-state index contributed by atoms with van der Waals surface area (Å²) in [5, 5.41) is 6.04. The van der Waals surface area contributed by atoms with E-state index in [1.807, 2.05) is 6.20 Å². The van der Waals surface area contributed by atoms with Crippen LogP contribution in [-0.2, 0) is 10.8 Å². The van der Waals surface area contributed by atoms with Gasteiger partial charge in [0, 0.05) is 23.8 Å². The van der Waals surface area contributed by atoms with Crippen LogP contribution < -0.4 is 5.32 Å². The molecule has 6 rings (SSSR count). The van der Waals surface area contributed by atoms with E-state index in [2.05, 4.69) is 112 Å². The number of rotatable bonds is 3. The summed E-state index contributed by atoms with van der Waals surface area (Å²) in [6.45, 7) is 14.4. The Morgan fingerprint density at radius 1 is 0.912 bits per heavy atom. The molecule has 1 aromatic heterocycles. The van der Waals surface area contributed by atoms with Gasteiger partial charge in [0.1, 0.15) is 0 Å². The van der Waals surface area contributed by atoms with E-state index in [4.69, 9.17) is 4.98 Å². The van der Waals surface area contributed by atoms with Gasteiger partial charge < -0.3 is 5.32 Å². The summed E-state index contributed by atoms with van der Waals surface area (Å²) in [7, 11) is 0. The molecule has 2 heteroatoms. The average Bonchev–Trinajstić information content (AvgIpc) is 3.12. The zero-order valence-corrected chi connectivity index (χ0v) is 20.4. The highest BCUT2D eigenvalue weighted by Crippen LogP contribution is 2.60. The second kappa shape index (κ2) is 7.17. The van der Waals surface area contributed by atoms with Crippen LogP contribution in [0, 0.1) is 0 Å². The van der Waals surface area contributed by atoms with Gasteiger partial charge in [0.15, 0.2) is 0 Å². The molecule has 168 valence electrons. The minimum Gasteiger partial charge on any atom is -0.386 e. The molecular formula is C32H30N2. The maximum atomic E-state index is 4.84. The molecule has 34 heavy (non-hydrogen) atoms. The lowest BCUT2D eigenvalue weighted by Gasteiger charge is -2.41. The van der Waals surface area contributed by atoms with Gasteiger partial charge in [-0.05, 0) is 68.8 Å². The molecule has 2 nitrogen and oxygen atoms in total. The van der Waals surface area contributed by atoms with Crippen molar-refractivity contribution >= 4 is 16.8 Å². The van der Waals surface area contributed by atoms with Gasteiger partial charge in [-0.25, -0.2) is 0 Å². The van der Waals surface area contributed by atoms with Gasteiger partial charge in [-0.1, -0.05) is 88.0 Å². The van der Waals surface area contributed by atoms with Crippen molar-refractivity contribution in [2.75, 3.05) is 6.54 Å². The smallest absolute Gasteiger partial charge is 0.0741 e. The van der Waals surface area contributed by atoms with E-state index in [9.17, 15) is 0 Å². The Morgan fingerprint density at radius 3 is 2.18 bits per heavy atom. The van der Waals surface area contributed by atoms with Crippen LogP contribution in [0.1, 0.15) is 55.6 Å². The number of allylic oxidation sites excluding steroid dienone is 1. The van der Waals surface area contributed by atoms with E-state index in [1.54, 1.807) is 0 Å². The number of benzene rings is 3. The number of hydrogen-bond acceptors (Lipinski definition) is 2. The molecule has 4 aromatic rings. The van der Waals surface area contributed by atoms with E-state index < -0.39 is 5.41 Å². The monoisotopic (exact) mass is 442 g/mol. The molecule has 1 heterocycles. The Kier molecular flexibility index (Phi) is 4.41. The first-order chi connectivity index (χ1) is 16.4. The van der Waals surface area contributed by atoms with Crippen molar-refractivity contribution in [2.24, 2.45) is 0 Å². The van der Waals surface area contributed by atoms with Crippen molar-refractivity contribution in [3.05, 3.63) is 119 Å². The molecule has 0 unspecified atom stereocenters. The molecule has 2 aliphatic carbocycles. The van der Waals surface area contributed by atoms with Crippen LogP contribution in [-0.4, -0.2) is 11.5 Å². The minimum atomic E-state index is -0.442. The number of likely N-dealkylation sites (N-methyl/N-ethyl adjacent to an activating group) is 1. The Balaban J connectivity index is 1.85. The van der Waals surface area contributed by atoms with E-state index in [-0.39, 0.29) is 5.41 Å². The quantitative estimate of drug-likeness (QED) is 0.358. The number of pyridine rings is 1. The number of nitrogens with one attached hydrogen (secondary N) is 1. The maximum Gasteiger partial charge on any atom is 0.0741 e. The molecule has 0 aliphatic heterocycles. The molecule has 1 N–H and O–H groups in total. The summed E-state index contributed by atoms with van der Waals surface area (Å²) >= 11 is 0. The molecule has 3 aromatic carbocycles. The van der Waals surface area contributed by atoms with Crippen LogP contribution in [0.4, 0.5) is 0 Å². The third-order valence-corrected chi connectivity index (χ3v) is 7.52. The lowest BCUT2D eigenvalue weighted by atomic mass is 9.62. The van der Waals surface area contributed by atoms with E-state index >= 15 is 0 Å². The molecule has 0 atom stereocenters. The third kappa shape index (κ3) is 2.66. The summed E-state index contributed by atoms with van der Waals surface area (Å²) in [5.41, 5.74) is 10.6. The van der Waals surface area contributed by atoms with Crippen LogP contribution in [0.3, 0.4) is 0 Å². The largest absolute Gasteiger partial charge is 0.386 e. The summed E-state index contributed by atoms with van der Waals surface area (Å²) in [4.78, 5) is 4.84. The van der Waals surface area contributed by atoms with Crippen molar-refractivity contribution in [2.45, 2.75) is 38.5 Å². The Morgan fingerprint density at radius 2 is 1.56 bits per heavy atom. The van der Waals surface area contributed by atoms with Crippen LogP contribution in [0.5, 0.6) is 0 Å². The van der Waals surface area contributed by atoms with E-state index in [1.165, 1.54) is 49.7 Å². The Hall–Kier alpha value is -3.65. The molecule has 0 bridgehead atoms. The fourth-order valence-electron chi connectivity index (χ4n) is 6.01. The number of nitrogens with zero attached hydrogens (tertiary/aromatic N) is 1. The highest BCUT2D eigenvalue weighted by molar-refractivity contribution is 6.02. The van der Waals surface area contributed by atoms with Gasteiger partial charge >= 0.3 is 0 Å². The van der Waals surface area contributed by atoms with Gasteiger partial charge in [0.2, 0.25) is 0 Å². The molecule has 0 saturated carbocycles. The first-order valence-electron chi connectivity index (χ1n) is 12.2. The van der Waals surface area contributed by atoms with Gasteiger partial charge in [-0.15, -0.1) is 0 Å². The van der Waals surface area contributed by atoms with Crippen LogP contribution in [0.2, 0.25) is 0 Å². The number of fused-ring (bicyclic) bond motifs is 6. The highest BCUT2D eigenvalue weighted by Gasteiger charge is 2.50. The summed E-state index contributed by atoms with van der Waals surface area (Å²) in [6, 6.07) is 24.7. The third-order valence-electron chi connectivity index (χ3n) is 7.52. The topological polar surface area (TPSA) is 24.9 Å². The highest BCUT2D eigenvalue weighted by atomic mass is 14.9. The van der Waals surface area contributed by atoms with Crippen molar-refractivity contribution in [3.63, 3.8) is 0 Å². The molecule has 0 radical (unpaired) electrons. The SMILES string of the molecule is C=C(NCC)C1=Cc2nccc3cc(C(C)(C)C)cc(c23)C12c1ccccc1-c1ccccc12. The molecule has 1 spiro atoms. The molecule has 0 saturated heterocycles. The lowest BCUT2D eigenvalue weighted by Crippen LogP contribution is -2.35. The van der Waals surface area contributed by atoms with Crippen molar-refractivity contribution in [3.8, 4) is 11.1 Å². The first kappa shape index (κ1) is 20.9. The van der Waals surface area contributed by atoms with Gasteiger partial charge in [-0.3, -0.25) is 4.98 Å². The zero-order valence-electron chi connectivity index (χ0n) is 20.4. The van der Waals surface area contributed by atoms with Gasteiger partial charge in [0.05, 0.1) is 11.1 Å². The fraction of sp³-hybridized carbons (Fsp3) is 0.219. The number of aromatic nitrogens is 1. The minimum absolute atomic E-state index is 0.0208. The summed E-state index contributed by atoms with van der Waals surface area (Å²) in [6.07, 6.45) is 4.21. The average molecular weight is 443 g/mol. The lowest BCUT2D eigenvalue weighted by molar-refractivity contribution is 0.588. The van der Waals surface area contributed by atoms with Crippen molar-refractivity contribution < 1.29 is 0 Å². The number of hydrogen-bond donors (Lipinski definition) is 1. The molecular weight excluding hydrogens is 412 g/mol. The standard InChI is InChI=1S/C32H30N2/c1-6-33-20(2)27-19-29-30-21(15-16-34-29)17-22(31(3,4)5)18-28(30)32(27)25-13-9-7-11-23(25)24-12-8-10-14-26(24)32/h7-19,33H,2,6H2,1,3-5H3. The predicted molar refractivity (Wildman–Crippen MR) is 143 cm³/mol. The second-order valence-corrected chi connectivity index (χ2v) is 10.5. The zero-order chi connectivity index (χ0) is 23.7. The fourth-order valence-corrected chi connectivity index (χ4v) is 6.01. The second-order valence-electron chi connectivity index (χ2n) is 10.5. The van der Waals surface area contributed by atoms with Gasteiger partial charge in [0.25, 0.3) is 0 Å². The summed E-state index contributed by atoms with van der Waals surface area (Å²) in [5.74, 6) is 0.